The summed E-state index contributed by atoms with van der Waals surface area (Å²) in [5.41, 5.74) is 7.61. The predicted molar refractivity (Wildman–Crippen MR) is 91.6 cm³/mol. The maximum Gasteiger partial charge on any atom is 0.312 e. The number of nitrogens with one attached hydrogen (secondary N) is 3. The van der Waals surface area contributed by atoms with Crippen molar-refractivity contribution in [3.8, 4) is 0 Å². The van der Waals surface area contributed by atoms with Gasteiger partial charge in [0.05, 0.1) is 0 Å². The molecule has 0 unspecified atom stereocenters. The Balaban J connectivity index is 1.96. The lowest BCUT2D eigenvalue weighted by Gasteiger charge is -2.08. The fourth-order valence-corrected chi connectivity index (χ4v) is 2.01. The van der Waals surface area contributed by atoms with E-state index in [9.17, 15) is 14.4 Å². The molecular weight excluding hydrogens is 308 g/mol. The van der Waals surface area contributed by atoms with E-state index in [-0.39, 0.29) is 11.8 Å². The Morgan fingerprint density at radius 1 is 0.875 bits per heavy atom. The smallest absolute Gasteiger partial charge is 0.312 e. The van der Waals surface area contributed by atoms with Crippen molar-refractivity contribution in [1.29, 1.82) is 0 Å². The Hall–Kier alpha value is -3.35. The molecular formula is C17H18N4O3. The number of amides is 4. The lowest BCUT2D eigenvalue weighted by atomic mass is 10.1. The predicted octanol–water partition coefficient (Wildman–Crippen LogP) is 2.07. The number of primary amides is 1. The summed E-state index contributed by atoms with van der Waals surface area (Å²) in [7, 11) is 0. The van der Waals surface area contributed by atoms with Gasteiger partial charge in [0, 0.05) is 30.4 Å². The van der Waals surface area contributed by atoms with Gasteiger partial charge in [-0.25, -0.2) is 4.79 Å². The molecule has 24 heavy (non-hydrogen) atoms. The molecule has 2 aromatic carbocycles. The van der Waals surface area contributed by atoms with Crippen LogP contribution in [0, 0.1) is 0 Å². The maximum atomic E-state index is 12.2. The van der Waals surface area contributed by atoms with Gasteiger partial charge in [0.1, 0.15) is 0 Å². The molecule has 0 aliphatic carbocycles. The Morgan fingerprint density at radius 2 is 1.42 bits per heavy atom. The first-order valence-corrected chi connectivity index (χ1v) is 7.25. The zero-order valence-electron chi connectivity index (χ0n) is 13.1. The van der Waals surface area contributed by atoms with E-state index in [0.717, 1.165) is 5.56 Å². The van der Waals surface area contributed by atoms with Crippen LogP contribution < -0.4 is 21.7 Å². The molecule has 0 bridgehead atoms. The molecule has 0 heterocycles. The van der Waals surface area contributed by atoms with E-state index in [1.165, 1.54) is 6.92 Å². The molecule has 124 valence electrons. The highest BCUT2D eigenvalue weighted by molar-refractivity contribution is 6.04. The van der Waals surface area contributed by atoms with Gasteiger partial charge in [-0.15, -0.1) is 0 Å². The highest BCUT2D eigenvalue weighted by atomic mass is 16.2. The van der Waals surface area contributed by atoms with E-state index in [2.05, 4.69) is 16.0 Å². The van der Waals surface area contributed by atoms with Crippen LogP contribution in [-0.4, -0.2) is 17.8 Å². The summed E-state index contributed by atoms with van der Waals surface area (Å²) < 4.78 is 0. The molecule has 0 spiro atoms. The highest BCUT2D eigenvalue weighted by Crippen LogP contribution is 2.15. The Labute approximate surface area is 139 Å². The number of hydrogen-bond acceptors (Lipinski definition) is 3. The molecule has 4 amide bonds. The van der Waals surface area contributed by atoms with Gasteiger partial charge in [-0.05, 0) is 42.0 Å². The molecule has 0 radical (unpaired) electrons. The second-order valence-corrected chi connectivity index (χ2v) is 5.13. The van der Waals surface area contributed by atoms with Crippen LogP contribution in [0.15, 0.2) is 48.5 Å². The van der Waals surface area contributed by atoms with Gasteiger partial charge < -0.3 is 21.7 Å². The molecule has 5 N–H and O–H groups in total. The van der Waals surface area contributed by atoms with Crippen LogP contribution >= 0.6 is 0 Å². The van der Waals surface area contributed by atoms with Crippen molar-refractivity contribution in [3.05, 3.63) is 59.7 Å². The van der Waals surface area contributed by atoms with Crippen LogP contribution in [0.5, 0.6) is 0 Å². The van der Waals surface area contributed by atoms with Crippen LogP contribution in [0.25, 0.3) is 0 Å². The van der Waals surface area contributed by atoms with Crippen LogP contribution in [0.2, 0.25) is 0 Å². The monoisotopic (exact) mass is 326 g/mol. The van der Waals surface area contributed by atoms with E-state index >= 15 is 0 Å². The van der Waals surface area contributed by atoms with Crippen molar-refractivity contribution in [3.63, 3.8) is 0 Å². The minimum atomic E-state index is -0.598. The van der Waals surface area contributed by atoms with Gasteiger partial charge in [-0.1, -0.05) is 12.1 Å². The number of rotatable bonds is 5. The van der Waals surface area contributed by atoms with Gasteiger partial charge in [0.15, 0.2) is 0 Å². The molecule has 0 aliphatic heterocycles. The third-order valence-corrected chi connectivity index (χ3v) is 3.15. The molecule has 0 fully saturated rings. The summed E-state index contributed by atoms with van der Waals surface area (Å²) in [5.74, 6) is -0.408. The van der Waals surface area contributed by atoms with Crippen LogP contribution in [0.4, 0.5) is 16.2 Å². The topological polar surface area (TPSA) is 113 Å². The van der Waals surface area contributed by atoms with Crippen LogP contribution in [-0.2, 0) is 11.3 Å². The fourth-order valence-electron chi connectivity index (χ4n) is 2.01. The molecule has 0 saturated heterocycles. The number of anilines is 2. The zero-order chi connectivity index (χ0) is 17.5. The Kier molecular flexibility index (Phi) is 5.51. The summed E-state index contributed by atoms with van der Waals surface area (Å²) >= 11 is 0. The van der Waals surface area contributed by atoms with E-state index < -0.39 is 6.03 Å². The van der Waals surface area contributed by atoms with E-state index in [4.69, 9.17) is 5.73 Å². The molecule has 0 aromatic heterocycles. The van der Waals surface area contributed by atoms with Crippen molar-refractivity contribution in [2.24, 2.45) is 5.73 Å². The average Bonchev–Trinajstić information content (AvgIpc) is 2.54. The molecule has 2 rings (SSSR count). The third kappa shape index (κ3) is 5.13. The molecule has 7 heteroatoms. The first-order valence-electron chi connectivity index (χ1n) is 7.25. The summed E-state index contributed by atoms with van der Waals surface area (Å²) in [6.45, 7) is 1.74. The Morgan fingerprint density at radius 3 is 1.92 bits per heavy atom. The number of urea groups is 1. The molecule has 0 saturated carbocycles. The maximum absolute atomic E-state index is 12.2. The lowest BCUT2D eigenvalue weighted by molar-refractivity contribution is -0.114. The second-order valence-electron chi connectivity index (χ2n) is 5.13. The minimum absolute atomic E-state index is 0.155. The summed E-state index contributed by atoms with van der Waals surface area (Å²) in [4.78, 5) is 33.8. The standard InChI is InChI=1S/C17H18N4O3/c1-11(22)20-14-6-8-15(9-7-14)21-16(23)13-4-2-12(3-5-13)10-19-17(18)24/h2-9H,10H2,1H3,(H,20,22)(H,21,23)(H3,18,19,24). The number of benzene rings is 2. The summed E-state index contributed by atoms with van der Waals surface area (Å²) in [6.07, 6.45) is 0. The molecule has 0 aliphatic rings. The van der Waals surface area contributed by atoms with E-state index in [1.807, 2.05) is 0 Å². The van der Waals surface area contributed by atoms with Gasteiger partial charge in [-0.2, -0.15) is 0 Å². The van der Waals surface area contributed by atoms with Gasteiger partial charge >= 0.3 is 6.03 Å². The van der Waals surface area contributed by atoms with Crippen molar-refractivity contribution < 1.29 is 14.4 Å². The van der Waals surface area contributed by atoms with Crippen molar-refractivity contribution in [1.82, 2.24) is 5.32 Å². The number of carbonyl (C=O) groups is 3. The quantitative estimate of drug-likeness (QED) is 0.674. The van der Waals surface area contributed by atoms with Gasteiger partial charge in [0.25, 0.3) is 5.91 Å². The largest absolute Gasteiger partial charge is 0.352 e. The number of hydrogen-bond donors (Lipinski definition) is 4. The second kappa shape index (κ2) is 7.77. The molecule has 7 nitrogen and oxygen atoms in total. The first-order chi connectivity index (χ1) is 11.4. The SMILES string of the molecule is CC(=O)Nc1ccc(NC(=O)c2ccc(CNC(N)=O)cc2)cc1. The zero-order valence-corrected chi connectivity index (χ0v) is 13.1. The normalized spacial score (nSPS) is 9.88. The number of carbonyl (C=O) groups excluding carboxylic acids is 3. The molecule has 2 aromatic rings. The minimum Gasteiger partial charge on any atom is -0.352 e. The Bertz CT molecular complexity index is 739. The van der Waals surface area contributed by atoms with Gasteiger partial charge in [-0.3, -0.25) is 9.59 Å². The van der Waals surface area contributed by atoms with Crippen molar-refractivity contribution in [2.45, 2.75) is 13.5 Å². The van der Waals surface area contributed by atoms with Gasteiger partial charge in [0.2, 0.25) is 5.91 Å². The third-order valence-electron chi connectivity index (χ3n) is 3.15. The first kappa shape index (κ1) is 17.0. The lowest BCUT2D eigenvalue weighted by Crippen LogP contribution is -2.28. The van der Waals surface area contributed by atoms with Crippen molar-refractivity contribution >= 4 is 29.2 Å². The van der Waals surface area contributed by atoms with Crippen LogP contribution in [0.3, 0.4) is 0 Å². The van der Waals surface area contributed by atoms with E-state index in [1.54, 1.807) is 48.5 Å². The molecule has 0 atom stereocenters. The van der Waals surface area contributed by atoms with E-state index in [0.29, 0.717) is 23.5 Å². The van der Waals surface area contributed by atoms with Crippen LogP contribution in [0.1, 0.15) is 22.8 Å². The fraction of sp³-hybridized carbons (Fsp3) is 0.118. The highest BCUT2D eigenvalue weighted by Gasteiger charge is 2.06. The summed E-state index contributed by atoms with van der Waals surface area (Å²) in [6, 6.07) is 13.0. The average molecular weight is 326 g/mol. The number of nitrogens with two attached hydrogens (primary N) is 1. The van der Waals surface area contributed by atoms with Crippen molar-refractivity contribution in [2.75, 3.05) is 10.6 Å². The summed E-state index contributed by atoms with van der Waals surface area (Å²) in [5, 5.41) is 7.90.